The van der Waals surface area contributed by atoms with E-state index in [2.05, 4.69) is 20.0 Å². The Morgan fingerprint density at radius 3 is 2.63 bits per heavy atom. The van der Waals surface area contributed by atoms with E-state index in [0.717, 1.165) is 50.8 Å². The zero-order chi connectivity index (χ0) is 20.9. The summed E-state index contributed by atoms with van der Waals surface area (Å²) in [6, 6.07) is 7.01. The van der Waals surface area contributed by atoms with Crippen LogP contribution in [0.4, 0.5) is 19.0 Å². The van der Waals surface area contributed by atoms with Crippen LogP contribution in [0.15, 0.2) is 42.9 Å². The van der Waals surface area contributed by atoms with E-state index >= 15 is 0 Å². The molecule has 2 aliphatic heterocycles. The Balaban J connectivity index is 1.41. The Labute approximate surface area is 171 Å². The third kappa shape index (κ3) is 3.23. The SMILES string of the molecule is Nc1ncc(-c2cc3n(n2)CC[C@@]32CCN(Cc3ccncc3)C2)cc1C(F)(F)F. The van der Waals surface area contributed by atoms with Crippen molar-refractivity contribution in [3.05, 3.63) is 59.7 Å². The van der Waals surface area contributed by atoms with Gasteiger partial charge in [-0.3, -0.25) is 14.6 Å². The molecule has 3 aromatic rings. The van der Waals surface area contributed by atoms with Crippen molar-refractivity contribution in [3.8, 4) is 11.3 Å². The van der Waals surface area contributed by atoms with E-state index in [1.54, 1.807) is 12.4 Å². The molecule has 0 saturated carbocycles. The van der Waals surface area contributed by atoms with Gasteiger partial charge in [-0.15, -0.1) is 0 Å². The van der Waals surface area contributed by atoms with Crippen LogP contribution < -0.4 is 5.73 Å². The maximum Gasteiger partial charge on any atom is 0.419 e. The number of halogens is 3. The standard InChI is InChI=1S/C21H21F3N6/c22-21(23,24)16-9-15(11-27-19(16)25)17-10-18-20(4-8-30(18)28-17)3-7-29(13-20)12-14-1-5-26-6-2-14/h1-2,5-6,9-11H,3-4,7-8,12-13H2,(H2,25,27)/t20-/m1/s1. The topological polar surface area (TPSA) is 72.9 Å². The number of aryl methyl sites for hydroxylation is 1. The number of hydrogen-bond acceptors (Lipinski definition) is 5. The van der Waals surface area contributed by atoms with Crippen LogP contribution in [0.3, 0.4) is 0 Å². The molecule has 1 atom stereocenters. The van der Waals surface area contributed by atoms with Gasteiger partial charge < -0.3 is 5.73 Å². The maximum absolute atomic E-state index is 13.2. The van der Waals surface area contributed by atoms with E-state index in [-0.39, 0.29) is 5.41 Å². The van der Waals surface area contributed by atoms with Crippen LogP contribution in [0, 0.1) is 0 Å². The number of nitrogens with zero attached hydrogens (tertiary/aromatic N) is 5. The summed E-state index contributed by atoms with van der Waals surface area (Å²) in [4.78, 5) is 10.2. The molecule has 1 saturated heterocycles. The van der Waals surface area contributed by atoms with E-state index in [9.17, 15) is 13.2 Å². The molecule has 9 heteroatoms. The molecule has 5 rings (SSSR count). The Kier molecular flexibility index (Phi) is 4.32. The lowest BCUT2D eigenvalue weighted by molar-refractivity contribution is -0.137. The molecule has 2 N–H and O–H groups in total. The van der Waals surface area contributed by atoms with E-state index < -0.39 is 17.6 Å². The molecule has 0 radical (unpaired) electrons. The van der Waals surface area contributed by atoms with Crippen molar-refractivity contribution in [3.63, 3.8) is 0 Å². The van der Waals surface area contributed by atoms with E-state index in [1.807, 2.05) is 22.9 Å². The highest BCUT2D eigenvalue weighted by atomic mass is 19.4. The van der Waals surface area contributed by atoms with Crippen molar-refractivity contribution in [2.75, 3.05) is 18.8 Å². The van der Waals surface area contributed by atoms with Gasteiger partial charge in [-0.05, 0) is 49.2 Å². The average Bonchev–Trinajstić information content (AvgIpc) is 3.39. The summed E-state index contributed by atoms with van der Waals surface area (Å²) in [5, 5.41) is 4.58. The quantitative estimate of drug-likeness (QED) is 0.710. The van der Waals surface area contributed by atoms with Crippen LogP contribution in [0.2, 0.25) is 0 Å². The first-order chi connectivity index (χ1) is 14.3. The van der Waals surface area contributed by atoms with Gasteiger partial charge in [0.15, 0.2) is 0 Å². The zero-order valence-electron chi connectivity index (χ0n) is 16.2. The van der Waals surface area contributed by atoms with Gasteiger partial charge >= 0.3 is 6.18 Å². The van der Waals surface area contributed by atoms with Crippen molar-refractivity contribution in [1.29, 1.82) is 0 Å². The van der Waals surface area contributed by atoms with E-state index in [1.165, 1.54) is 11.8 Å². The van der Waals surface area contributed by atoms with Crippen LogP contribution >= 0.6 is 0 Å². The molecule has 3 aromatic heterocycles. The fourth-order valence-corrected chi connectivity index (χ4v) is 4.70. The summed E-state index contributed by atoms with van der Waals surface area (Å²) < 4.78 is 41.6. The molecule has 5 heterocycles. The average molecular weight is 414 g/mol. The minimum absolute atomic E-state index is 0.00757. The molecule has 1 fully saturated rings. The third-order valence-electron chi connectivity index (χ3n) is 6.23. The van der Waals surface area contributed by atoms with Crippen LogP contribution in [0.5, 0.6) is 0 Å². The lowest BCUT2D eigenvalue weighted by Crippen LogP contribution is -2.28. The van der Waals surface area contributed by atoms with Crippen molar-refractivity contribution in [2.45, 2.75) is 37.5 Å². The molecule has 0 amide bonds. The fourth-order valence-electron chi connectivity index (χ4n) is 4.70. The van der Waals surface area contributed by atoms with Gasteiger partial charge in [0.2, 0.25) is 0 Å². The number of nitrogen functional groups attached to an aromatic ring is 1. The molecular weight excluding hydrogens is 393 g/mol. The van der Waals surface area contributed by atoms with Crippen molar-refractivity contribution >= 4 is 5.82 Å². The molecule has 6 nitrogen and oxygen atoms in total. The first-order valence-corrected chi connectivity index (χ1v) is 9.87. The lowest BCUT2D eigenvalue weighted by atomic mass is 9.82. The van der Waals surface area contributed by atoms with Crippen LogP contribution in [-0.4, -0.2) is 37.7 Å². The molecule has 0 bridgehead atoms. The number of fused-ring (bicyclic) bond motifs is 2. The summed E-state index contributed by atoms with van der Waals surface area (Å²) in [5.41, 5.74) is 7.67. The summed E-state index contributed by atoms with van der Waals surface area (Å²) in [5.74, 6) is -0.517. The Hall–Kier alpha value is -2.94. The Bertz CT molecular complexity index is 1080. The van der Waals surface area contributed by atoms with Crippen LogP contribution in [-0.2, 0) is 24.7 Å². The summed E-state index contributed by atoms with van der Waals surface area (Å²) in [6.45, 7) is 3.52. The zero-order valence-corrected chi connectivity index (χ0v) is 16.2. The van der Waals surface area contributed by atoms with E-state index in [0.29, 0.717) is 11.3 Å². The second-order valence-corrected chi connectivity index (χ2v) is 8.14. The summed E-state index contributed by atoms with van der Waals surface area (Å²) >= 11 is 0. The third-order valence-corrected chi connectivity index (χ3v) is 6.23. The first-order valence-electron chi connectivity index (χ1n) is 9.87. The van der Waals surface area contributed by atoms with Crippen molar-refractivity contribution in [1.82, 2.24) is 24.6 Å². The van der Waals surface area contributed by atoms with Crippen LogP contribution in [0.1, 0.15) is 29.7 Å². The second kappa shape index (κ2) is 6.80. The van der Waals surface area contributed by atoms with Gasteiger partial charge in [-0.2, -0.15) is 18.3 Å². The normalized spacial score (nSPS) is 21.4. The van der Waals surface area contributed by atoms with Gasteiger partial charge in [0.1, 0.15) is 5.82 Å². The number of aromatic nitrogens is 4. The first kappa shape index (κ1) is 19.0. The molecule has 2 aliphatic rings. The molecule has 156 valence electrons. The molecular formula is C21H21F3N6. The minimum atomic E-state index is -4.55. The number of nitrogens with two attached hydrogens (primary N) is 1. The van der Waals surface area contributed by atoms with Gasteiger partial charge in [-0.1, -0.05) is 0 Å². The largest absolute Gasteiger partial charge is 0.419 e. The van der Waals surface area contributed by atoms with Crippen molar-refractivity contribution in [2.24, 2.45) is 0 Å². The lowest BCUT2D eigenvalue weighted by Gasteiger charge is -2.23. The number of anilines is 1. The molecule has 0 aromatic carbocycles. The number of pyridine rings is 2. The maximum atomic E-state index is 13.2. The highest BCUT2D eigenvalue weighted by Gasteiger charge is 2.45. The summed E-state index contributed by atoms with van der Waals surface area (Å²) in [6.07, 6.45) is 2.42. The predicted molar refractivity (Wildman–Crippen MR) is 105 cm³/mol. The highest BCUT2D eigenvalue weighted by Crippen LogP contribution is 2.44. The predicted octanol–water partition coefficient (Wildman–Crippen LogP) is 3.49. The number of rotatable bonds is 3. The minimum Gasteiger partial charge on any atom is -0.383 e. The number of likely N-dealkylation sites (tertiary alicyclic amines) is 1. The molecule has 0 unspecified atom stereocenters. The van der Waals surface area contributed by atoms with Gasteiger partial charge in [0.05, 0.1) is 11.3 Å². The Morgan fingerprint density at radius 2 is 1.87 bits per heavy atom. The van der Waals surface area contributed by atoms with Gasteiger partial charge in [-0.25, -0.2) is 4.98 Å². The van der Waals surface area contributed by atoms with Crippen molar-refractivity contribution < 1.29 is 13.2 Å². The van der Waals surface area contributed by atoms with Gasteiger partial charge in [0.25, 0.3) is 0 Å². The monoisotopic (exact) mass is 414 g/mol. The highest BCUT2D eigenvalue weighted by molar-refractivity contribution is 5.63. The van der Waals surface area contributed by atoms with Crippen LogP contribution in [0.25, 0.3) is 11.3 Å². The second-order valence-electron chi connectivity index (χ2n) is 8.14. The molecule has 1 spiro atoms. The Morgan fingerprint density at radius 1 is 1.10 bits per heavy atom. The van der Waals surface area contributed by atoms with E-state index in [4.69, 9.17) is 5.73 Å². The number of alkyl halides is 3. The fraction of sp³-hybridized carbons (Fsp3) is 0.381. The summed E-state index contributed by atoms with van der Waals surface area (Å²) in [7, 11) is 0. The smallest absolute Gasteiger partial charge is 0.383 e. The number of hydrogen-bond donors (Lipinski definition) is 1. The van der Waals surface area contributed by atoms with Gasteiger partial charge in [0, 0.05) is 54.9 Å². The molecule has 0 aliphatic carbocycles. The molecule has 30 heavy (non-hydrogen) atoms.